The molecule has 2 heterocycles. The maximum Gasteiger partial charge on any atom is 0.134 e. The van der Waals surface area contributed by atoms with Crippen LogP contribution in [0.25, 0.3) is 0 Å². The molecule has 0 aromatic carbocycles. The van der Waals surface area contributed by atoms with Crippen molar-refractivity contribution in [1.82, 2.24) is 15.1 Å². The van der Waals surface area contributed by atoms with Gasteiger partial charge in [0.15, 0.2) is 0 Å². The summed E-state index contributed by atoms with van der Waals surface area (Å²) < 4.78 is 8.36. The zero-order valence-electron chi connectivity index (χ0n) is 11.3. The van der Waals surface area contributed by atoms with Crippen LogP contribution in [0.15, 0.2) is 22.1 Å². The molecule has 2 aromatic rings. The Morgan fingerprint density at radius 1 is 1.58 bits per heavy atom. The van der Waals surface area contributed by atoms with E-state index in [1.807, 2.05) is 24.0 Å². The lowest BCUT2D eigenvalue weighted by Crippen LogP contribution is -2.25. The van der Waals surface area contributed by atoms with Crippen LogP contribution in [0.4, 0.5) is 0 Å². The van der Waals surface area contributed by atoms with Gasteiger partial charge in [0.1, 0.15) is 5.75 Å². The van der Waals surface area contributed by atoms with Crippen LogP contribution in [0.2, 0.25) is 0 Å². The van der Waals surface area contributed by atoms with Gasteiger partial charge in [-0.05, 0) is 40.3 Å². The first kappa shape index (κ1) is 14.6. The predicted molar refractivity (Wildman–Crippen MR) is 81.9 cm³/mol. The Hall–Kier alpha value is -0.850. The number of nitrogens with zero attached hydrogens (tertiary/aromatic N) is 2. The summed E-state index contributed by atoms with van der Waals surface area (Å²) in [5, 5.41) is 9.93. The summed E-state index contributed by atoms with van der Waals surface area (Å²) in [6.45, 7) is 3.11. The van der Waals surface area contributed by atoms with Gasteiger partial charge in [-0.25, -0.2) is 0 Å². The maximum atomic E-state index is 5.45. The van der Waals surface area contributed by atoms with Crippen molar-refractivity contribution in [3.8, 4) is 5.75 Å². The molecule has 0 bridgehead atoms. The molecule has 1 atom stereocenters. The third-order valence-corrected chi connectivity index (χ3v) is 4.52. The summed E-state index contributed by atoms with van der Waals surface area (Å²) in [6, 6.07) is 2.10. The predicted octanol–water partition coefficient (Wildman–Crippen LogP) is 3.34. The molecule has 0 spiro atoms. The molecule has 1 N–H and O–H groups in total. The normalized spacial score (nSPS) is 12.6. The minimum absolute atomic E-state index is 0.0942. The van der Waals surface area contributed by atoms with Crippen molar-refractivity contribution in [2.45, 2.75) is 19.4 Å². The fourth-order valence-electron chi connectivity index (χ4n) is 2.04. The van der Waals surface area contributed by atoms with Crippen molar-refractivity contribution in [3.63, 3.8) is 0 Å². The standard InChI is InChI=1S/C13H18BrN3OS/c1-4-6-15-11(12-9(14)8-16-17(12)2)13-10(18-3)5-7-19-13/h5,7-8,11,15H,4,6H2,1-3H3. The van der Waals surface area contributed by atoms with Gasteiger partial charge in [0.05, 0.1) is 34.4 Å². The molecule has 104 valence electrons. The van der Waals surface area contributed by atoms with Crippen molar-refractivity contribution in [2.75, 3.05) is 13.7 Å². The minimum atomic E-state index is 0.0942. The monoisotopic (exact) mass is 343 g/mol. The highest BCUT2D eigenvalue weighted by atomic mass is 79.9. The average molecular weight is 344 g/mol. The molecule has 1 unspecified atom stereocenters. The van der Waals surface area contributed by atoms with E-state index in [1.54, 1.807) is 18.4 Å². The highest BCUT2D eigenvalue weighted by Gasteiger charge is 2.24. The Labute approximate surface area is 125 Å². The lowest BCUT2D eigenvalue weighted by molar-refractivity contribution is 0.405. The molecule has 0 fully saturated rings. The molecule has 0 aliphatic heterocycles. The summed E-state index contributed by atoms with van der Waals surface area (Å²) in [5.74, 6) is 0.923. The third kappa shape index (κ3) is 3.01. The first-order valence-electron chi connectivity index (χ1n) is 6.21. The van der Waals surface area contributed by atoms with Crippen molar-refractivity contribution < 1.29 is 4.74 Å². The van der Waals surface area contributed by atoms with Crippen LogP contribution in [-0.2, 0) is 7.05 Å². The van der Waals surface area contributed by atoms with E-state index >= 15 is 0 Å². The van der Waals surface area contributed by atoms with Crippen LogP contribution in [0.3, 0.4) is 0 Å². The van der Waals surface area contributed by atoms with Gasteiger partial charge in [-0.3, -0.25) is 4.68 Å². The van der Waals surface area contributed by atoms with Gasteiger partial charge in [0, 0.05) is 7.05 Å². The van der Waals surface area contributed by atoms with Gasteiger partial charge in [-0.2, -0.15) is 5.10 Å². The van der Waals surface area contributed by atoms with Crippen molar-refractivity contribution in [2.24, 2.45) is 7.05 Å². The van der Waals surface area contributed by atoms with Gasteiger partial charge in [-0.15, -0.1) is 11.3 Å². The molecule has 0 aliphatic rings. The summed E-state index contributed by atoms with van der Waals surface area (Å²) >= 11 is 5.28. The van der Waals surface area contributed by atoms with Gasteiger partial charge < -0.3 is 10.1 Å². The maximum absolute atomic E-state index is 5.45. The summed E-state index contributed by atoms with van der Waals surface area (Å²) in [6.07, 6.45) is 2.91. The smallest absolute Gasteiger partial charge is 0.134 e. The Morgan fingerprint density at radius 3 is 2.95 bits per heavy atom. The highest BCUT2D eigenvalue weighted by molar-refractivity contribution is 9.10. The number of rotatable bonds is 6. The number of aromatic nitrogens is 2. The molecule has 2 rings (SSSR count). The topological polar surface area (TPSA) is 39.1 Å². The fraction of sp³-hybridized carbons (Fsp3) is 0.462. The molecule has 19 heavy (non-hydrogen) atoms. The van der Waals surface area contributed by atoms with E-state index in [0.717, 1.165) is 28.9 Å². The van der Waals surface area contributed by atoms with Crippen molar-refractivity contribution in [3.05, 3.63) is 32.7 Å². The van der Waals surface area contributed by atoms with Crippen LogP contribution < -0.4 is 10.1 Å². The Balaban J connectivity index is 2.41. The number of ether oxygens (including phenoxy) is 1. The van der Waals surface area contributed by atoms with Crippen molar-refractivity contribution in [1.29, 1.82) is 0 Å². The Kier molecular flexibility index (Phi) is 5.01. The number of nitrogens with one attached hydrogen (secondary N) is 1. The van der Waals surface area contributed by atoms with Crippen LogP contribution in [0.5, 0.6) is 5.75 Å². The number of methoxy groups -OCH3 is 1. The summed E-state index contributed by atoms with van der Waals surface area (Å²) in [7, 11) is 3.67. The zero-order valence-corrected chi connectivity index (χ0v) is 13.7. The highest BCUT2D eigenvalue weighted by Crippen LogP contribution is 2.37. The number of hydrogen-bond acceptors (Lipinski definition) is 4. The van der Waals surface area contributed by atoms with Gasteiger partial charge >= 0.3 is 0 Å². The average Bonchev–Trinajstić information content (AvgIpc) is 3.00. The number of aryl methyl sites for hydroxylation is 1. The lowest BCUT2D eigenvalue weighted by Gasteiger charge is -2.19. The molecule has 2 aromatic heterocycles. The quantitative estimate of drug-likeness (QED) is 0.874. The van der Waals surface area contributed by atoms with E-state index in [1.165, 1.54) is 4.88 Å². The molecule has 0 aliphatic carbocycles. The number of thiophene rings is 1. The van der Waals surface area contributed by atoms with Crippen LogP contribution in [-0.4, -0.2) is 23.4 Å². The molecule has 0 saturated carbocycles. The van der Waals surface area contributed by atoms with E-state index in [-0.39, 0.29) is 6.04 Å². The summed E-state index contributed by atoms with van der Waals surface area (Å²) in [5.41, 5.74) is 1.12. The molecule has 0 amide bonds. The Bertz CT molecular complexity index is 518. The third-order valence-electron chi connectivity index (χ3n) is 2.95. The van der Waals surface area contributed by atoms with E-state index in [2.05, 4.69) is 38.6 Å². The van der Waals surface area contributed by atoms with E-state index in [9.17, 15) is 0 Å². The van der Waals surface area contributed by atoms with E-state index in [4.69, 9.17) is 4.74 Å². The molecule has 6 heteroatoms. The van der Waals surface area contributed by atoms with Crippen LogP contribution >= 0.6 is 27.3 Å². The molecule has 0 saturated heterocycles. The lowest BCUT2D eigenvalue weighted by atomic mass is 10.1. The van der Waals surface area contributed by atoms with Crippen molar-refractivity contribution >= 4 is 27.3 Å². The molecular weight excluding hydrogens is 326 g/mol. The molecular formula is C13H18BrN3OS. The second kappa shape index (κ2) is 6.54. The fourth-order valence-corrected chi connectivity index (χ4v) is 3.55. The second-order valence-electron chi connectivity index (χ2n) is 4.24. The summed E-state index contributed by atoms with van der Waals surface area (Å²) in [4.78, 5) is 1.18. The van der Waals surface area contributed by atoms with Gasteiger partial charge in [0.25, 0.3) is 0 Å². The second-order valence-corrected chi connectivity index (χ2v) is 6.04. The van der Waals surface area contributed by atoms with Gasteiger partial charge in [0.2, 0.25) is 0 Å². The molecule has 0 radical (unpaired) electrons. The van der Waals surface area contributed by atoms with Gasteiger partial charge in [-0.1, -0.05) is 6.92 Å². The number of halogens is 1. The van der Waals surface area contributed by atoms with E-state index in [0.29, 0.717) is 0 Å². The first-order chi connectivity index (χ1) is 9.19. The molecule has 4 nitrogen and oxygen atoms in total. The van der Waals surface area contributed by atoms with Crippen LogP contribution in [0, 0.1) is 0 Å². The number of hydrogen-bond donors (Lipinski definition) is 1. The SMILES string of the molecule is CCCNC(c1sccc1OC)c1c(Br)cnn1C. The first-order valence-corrected chi connectivity index (χ1v) is 7.88. The largest absolute Gasteiger partial charge is 0.496 e. The minimum Gasteiger partial charge on any atom is -0.496 e. The Morgan fingerprint density at radius 2 is 2.37 bits per heavy atom. The van der Waals surface area contributed by atoms with E-state index < -0.39 is 0 Å². The zero-order chi connectivity index (χ0) is 13.8. The van der Waals surface area contributed by atoms with Crippen LogP contribution in [0.1, 0.15) is 30.0 Å².